The topological polar surface area (TPSA) is 84.9 Å². The van der Waals surface area contributed by atoms with Gasteiger partial charge in [-0.2, -0.15) is 0 Å². The van der Waals surface area contributed by atoms with E-state index < -0.39 is 5.97 Å². The Morgan fingerprint density at radius 3 is 2.69 bits per heavy atom. The van der Waals surface area contributed by atoms with Gasteiger partial charge in [0.2, 0.25) is 0 Å². The Hall–Kier alpha value is -2.19. The minimum atomic E-state index is -0.476. The minimum Gasteiger partial charge on any atom is -0.459 e. The maximum Gasteiger partial charge on any atom is 0.340 e. The number of nitrogens with zero attached hydrogens (tertiary/aromatic N) is 2. The summed E-state index contributed by atoms with van der Waals surface area (Å²) in [5, 5.41) is 2.83. The summed E-state index contributed by atoms with van der Waals surface area (Å²) >= 11 is 2.99. The number of H-pyrrole nitrogens is 1. The fraction of sp³-hybridized carbons (Fsp3) is 0.429. The molecule has 0 fully saturated rings. The highest BCUT2D eigenvalue weighted by atomic mass is 32.2. The molecule has 0 atom stereocenters. The van der Waals surface area contributed by atoms with Crippen molar-refractivity contribution in [1.29, 1.82) is 0 Å². The fourth-order valence-corrected chi connectivity index (χ4v) is 4.95. The maximum absolute atomic E-state index is 13.1. The van der Waals surface area contributed by atoms with Crippen LogP contribution in [0, 0.1) is 13.8 Å². The average Bonchev–Trinajstić information content (AvgIpc) is 3.05. The molecule has 0 saturated carbocycles. The number of unbranched alkanes of at least 4 members (excludes halogenated alkanes) is 1. The van der Waals surface area contributed by atoms with Gasteiger partial charge in [0.15, 0.2) is 10.8 Å². The van der Waals surface area contributed by atoms with Crippen molar-refractivity contribution in [3.05, 3.63) is 38.6 Å². The smallest absolute Gasteiger partial charge is 0.340 e. The van der Waals surface area contributed by atoms with Gasteiger partial charge in [-0.05, 0) is 51.1 Å². The molecule has 0 saturated heterocycles. The van der Waals surface area contributed by atoms with Crippen LogP contribution in [0.1, 0.15) is 55.2 Å². The number of rotatable bonds is 7. The number of aromatic nitrogens is 3. The van der Waals surface area contributed by atoms with Gasteiger partial charge >= 0.3 is 5.97 Å². The summed E-state index contributed by atoms with van der Waals surface area (Å²) in [4.78, 5) is 38.8. The van der Waals surface area contributed by atoms with Crippen LogP contribution >= 0.6 is 23.1 Å². The first-order valence-corrected chi connectivity index (χ1v) is 11.5. The number of esters is 1. The Kier molecular flexibility index (Phi) is 6.74. The van der Waals surface area contributed by atoms with Crippen molar-refractivity contribution in [1.82, 2.24) is 15.0 Å². The number of carbonyl (C=O) groups is 1. The van der Waals surface area contributed by atoms with Crippen LogP contribution in [0.2, 0.25) is 0 Å². The van der Waals surface area contributed by atoms with Gasteiger partial charge in [-0.1, -0.05) is 25.1 Å². The number of thiophene rings is 1. The van der Waals surface area contributed by atoms with Crippen LogP contribution in [0.5, 0.6) is 0 Å². The molecular formula is C21H25N3O3S2. The average molecular weight is 432 g/mol. The monoisotopic (exact) mass is 431 g/mol. The molecular weight excluding hydrogens is 406 g/mol. The lowest BCUT2D eigenvalue weighted by atomic mass is 9.99. The number of hydrogen-bond donors (Lipinski definition) is 1. The zero-order valence-corrected chi connectivity index (χ0v) is 18.9. The third-order valence-electron chi connectivity index (χ3n) is 4.39. The Balaban J connectivity index is 2.29. The van der Waals surface area contributed by atoms with Crippen LogP contribution in [0.4, 0.5) is 0 Å². The van der Waals surface area contributed by atoms with Crippen molar-refractivity contribution in [2.45, 2.75) is 58.7 Å². The molecule has 154 valence electrons. The first kappa shape index (κ1) is 21.5. The molecule has 8 heteroatoms. The molecule has 0 aromatic carbocycles. The molecule has 0 bridgehead atoms. The summed E-state index contributed by atoms with van der Waals surface area (Å²) in [6.07, 6.45) is 1.84. The van der Waals surface area contributed by atoms with E-state index in [1.165, 1.54) is 23.1 Å². The van der Waals surface area contributed by atoms with E-state index in [-0.39, 0.29) is 11.7 Å². The van der Waals surface area contributed by atoms with Gasteiger partial charge in [-0.15, -0.1) is 11.3 Å². The summed E-state index contributed by atoms with van der Waals surface area (Å²) in [6, 6.07) is 1.97. The van der Waals surface area contributed by atoms with E-state index in [0.29, 0.717) is 33.0 Å². The van der Waals surface area contributed by atoms with Crippen LogP contribution in [-0.2, 0) is 4.74 Å². The van der Waals surface area contributed by atoms with E-state index in [1.807, 2.05) is 18.4 Å². The first-order valence-electron chi connectivity index (χ1n) is 9.66. The largest absolute Gasteiger partial charge is 0.459 e. The number of thioether (sulfide) groups is 1. The quantitative estimate of drug-likeness (QED) is 0.242. The van der Waals surface area contributed by atoms with Crippen LogP contribution in [0.15, 0.2) is 21.4 Å². The summed E-state index contributed by atoms with van der Waals surface area (Å²) in [5.41, 5.74) is 2.45. The molecule has 0 aliphatic heterocycles. The highest BCUT2D eigenvalue weighted by molar-refractivity contribution is 7.99. The number of aryl methyl sites for hydroxylation is 2. The molecule has 3 rings (SSSR count). The predicted octanol–water partition coefficient (Wildman–Crippen LogP) is 5.12. The predicted molar refractivity (Wildman–Crippen MR) is 119 cm³/mol. The molecule has 6 nitrogen and oxygen atoms in total. The van der Waals surface area contributed by atoms with Gasteiger partial charge in [-0.3, -0.25) is 4.79 Å². The van der Waals surface area contributed by atoms with Crippen LogP contribution in [0.3, 0.4) is 0 Å². The fourth-order valence-electron chi connectivity index (χ4n) is 3.03. The molecule has 3 aromatic heterocycles. The third-order valence-corrected chi connectivity index (χ3v) is 6.38. The van der Waals surface area contributed by atoms with Gasteiger partial charge in [0, 0.05) is 16.2 Å². The van der Waals surface area contributed by atoms with Crippen molar-refractivity contribution in [3.63, 3.8) is 0 Å². The van der Waals surface area contributed by atoms with Gasteiger partial charge < -0.3 is 9.72 Å². The van der Waals surface area contributed by atoms with Crippen LogP contribution in [-0.4, -0.2) is 32.8 Å². The summed E-state index contributed by atoms with van der Waals surface area (Å²) in [6.45, 7) is 9.43. The first-order chi connectivity index (χ1) is 13.8. The Morgan fingerprint density at radius 2 is 2.07 bits per heavy atom. The number of fused-ring (bicyclic) bond motifs is 1. The Morgan fingerprint density at radius 1 is 1.31 bits per heavy atom. The lowest BCUT2D eigenvalue weighted by Crippen LogP contribution is -2.18. The normalized spacial score (nSPS) is 11.4. The summed E-state index contributed by atoms with van der Waals surface area (Å²) in [7, 11) is 0. The number of hydrogen-bond acceptors (Lipinski definition) is 7. The second-order valence-corrected chi connectivity index (χ2v) is 9.11. The SMILES string of the molecule is CCCCSc1nc2nc(C)c(C(=O)OC(C)C)c(-c3sccc3C)c2c(=O)[nH]1. The van der Waals surface area contributed by atoms with Crippen molar-refractivity contribution in [2.75, 3.05) is 5.75 Å². The van der Waals surface area contributed by atoms with Crippen molar-refractivity contribution in [2.24, 2.45) is 0 Å². The van der Waals surface area contributed by atoms with Crippen LogP contribution < -0.4 is 5.56 Å². The number of pyridine rings is 1. The molecule has 0 aliphatic rings. The Bertz CT molecular complexity index is 1100. The highest BCUT2D eigenvalue weighted by Gasteiger charge is 2.26. The van der Waals surface area contributed by atoms with E-state index in [0.717, 1.165) is 29.0 Å². The van der Waals surface area contributed by atoms with E-state index in [1.54, 1.807) is 20.8 Å². The molecule has 0 spiro atoms. The standard InChI is InChI=1S/C21H25N3O3S2/c1-6-7-9-29-21-23-18-16(19(25)24-21)15(17-12(4)8-10-28-17)14(13(5)22-18)20(26)27-11(2)3/h8,10-11H,6-7,9H2,1-5H3,(H,22,23,24,25). The lowest BCUT2D eigenvalue weighted by molar-refractivity contribution is 0.0377. The number of nitrogens with one attached hydrogen (secondary N) is 1. The maximum atomic E-state index is 13.1. The van der Waals surface area contributed by atoms with Gasteiger partial charge in [0.25, 0.3) is 5.56 Å². The van der Waals surface area contributed by atoms with Gasteiger partial charge in [0.1, 0.15) is 0 Å². The van der Waals surface area contributed by atoms with E-state index >= 15 is 0 Å². The van der Waals surface area contributed by atoms with Crippen molar-refractivity contribution < 1.29 is 9.53 Å². The molecule has 0 radical (unpaired) electrons. The molecule has 3 aromatic rings. The van der Waals surface area contributed by atoms with Gasteiger partial charge in [-0.25, -0.2) is 14.8 Å². The van der Waals surface area contributed by atoms with E-state index in [2.05, 4.69) is 21.9 Å². The summed E-state index contributed by atoms with van der Waals surface area (Å²) in [5.74, 6) is 0.398. The highest BCUT2D eigenvalue weighted by Crippen LogP contribution is 2.37. The molecule has 29 heavy (non-hydrogen) atoms. The molecule has 0 unspecified atom stereocenters. The molecule has 3 heterocycles. The second kappa shape index (κ2) is 9.09. The lowest BCUT2D eigenvalue weighted by Gasteiger charge is -2.15. The number of aromatic amines is 1. The van der Waals surface area contributed by atoms with Crippen molar-refractivity contribution in [3.8, 4) is 10.4 Å². The summed E-state index contributed by atoms with van der Waals surface area (Å²) < 4.78 is 5.46. The minimum absolute atomic E-state index is 0.274. The zero-order chi connectivity index (χ0) is 21.1. The van der Waals surface area contributed by atoms with E-state index in [9.17, 15) is 9.59 Å². The molecule has 0 aliphatic carbocycles. The number of carbonyl (C=O) groups excluding carboxylic acids is 1. The molecule has 0 amide bonds. The Labute approximate surface area is 178 Å². The van der Waals surface area contributed by atoms with Gasteiger partial charge in [0.05, 0.1) is 22.7 Å². The number of ether oxygens (including phenoxy) is 1. The zero-order valence-electron chi connectivity index (χ0n) is 17.3. The van der Waals surface area contributed by atoms with Crippen LogP contribution in [0.25, 0.3) is 21.5 Å². The van der Waals surface area contributed by atoms with Crippen molar-refractivity contribution >= 4 is 40.1 Å². The second-order valence-electron chi connectivity index (χ2n) is 7.11. The third kappa shape index (κ3) is 4.53. The van der Waals surface area contributed by atoms with E-state index in [4.69, 9.17) is 4.74 Å². The molecule has 1 N–H and O–H groups in total.